The number of hydrogen-bond donors (Lipinski definition) is 2. The van der Waals surface area contributed by atoms with Crippen LogP contribution in [0.4, 0.5) is 0 Å². The summed E-state index contributed by atoms with van der Waals surface area (Å²) >= 11 is 0. The van der Waals surface area contributed by atoms with Crippen molar-refractivity contribution in [2.75, 3.05) is 21.3 Å². The Morgan fingerprint density at radius 2 is 1.72 bits per heavy atom. The van der Waals surface area contributed by atoms with E-state index in [2.05, 4.69) is 9.47 Å². The molecule has 0 saturated carbocycles. The van der Waals surface area contributed by atoms with E-state index >= 15 is 0 Å². The van der Waals surface area contributed by atoms with Gasteiger partial charge < -0.3 is 20.3 Å². The average molecular weight is 278 g/mol. The van der Waals surface area contributed by atoms with E-state index in [-0.39, 0.29) is 18.2 Å². The lowest BCUT2D eigenvalue weighted by Gasteiger charge is -2.08. The topological polar surface area (TPSA) is 81.8 Å². The number of phenolic OH excluding ortho intramolecular Hbond substituents is 1. The molecule has 0 aliphatic heterocycles. The van der Waals surface area contributed by atoms with Crippen LogP contribution in [0.1, 0.15) is 5.56 Å². The molecule has 0 spiro atoms. The van der Waals surface area contributed by atoms with Gasteiger partial charge in [0.1, 0.15) is 11.8 Å². The standard InChI is InChI=1S/C10H13NO3.C2H6O.ClH/c1-14-10(13)9(11)6-7-2-4-8(12)5-3-7;1-3-2;/h2-5,9,12H,6,11H2,1H3;1-2H3;1H/t9-;;/m0../s1. The van der Waals surface area contributed by atoms with Gasteiger partial charge in [0, 0.05) is 14.2 Å². The second-order valence-electron chi connectivity index (χ2n) is 3.41. The van der Waals surface area contributed by atoms with E-state index < -0.39 is 12.0 Å². The summed E-state index contributed by atoms with van der Waals surface area (Å²) in [7, 11) is 4.55. The summed E-state index contributed by atoms with van der Waals surface area (Å²) < 4.78 is 8.74. The molecule has 104 valence electrons. The Morgan fingerprint density at radius 1 is 1.28 bits per heavy atom. The Hall–Kier alpha value is -1.30. The molecule has 3 N–H and O–H groups in total. The minimum atomic E-state index is -0.649. The van der Waals surface area contributed by atoms with Crippen LogP contribution < -0.4 is 5.73 Å². The summed E-state index contributed by atoms with van der Waals surface area (Å²) in [6, 6.07) is 5.90. The van der Waals surface area contributed by atoms with E-state index in [1.165, 1.54) is 7.11 Å². The first-order valence-corrected chi connectivity index (χ1v) is 5.06. The van der Waals surface area contributed by atoms with Crippen molar-refractivity contribution in [3.63, 3.8) is 0 Å². The zero-order chi connectivity index (χ0) is 13.3. The van der Waals surface area contributed by atoms with Crippen LogP contribution in [0.25, 0.3) is 0 Å². The Morgan fingerprint density at radius 3 is 2.11 bits per heavy atom. The predicted octanol–water partition coefficient (Wildman–Crippen LogP) is 1.12. The Balaban J connectivity index is 0. The molecular weight excluding hydrogens is 258 g/mol. The number of ether oxygens (including phenoxy) is 2. The van der Waals surface area contributed by atoms with Gasteiger partial charge in [0.25, 0.3) is 0 Å². The molecule has 1 aromatic rings. The lowest BCUT2D eigenvalue weighted by molar-refractivity contribution is -0.142. The molecule has 1 aromatic carbocycles. The molecule has 5 nitrogen and oxygen atoms in total. The summed E-state index contributed by atoms with van der Waals surface area (Å²) in [5, 5.41) is 9.02. The molecule has 0 bridgehead atoms. The third-order valence-electron chi connectivity index (χ3n) is 1.90. The molecule has 0 aliphatic rings. The van der Waals surface area contributed by atoms with Crippen molar-refractivity contribution in [2.45, 2.75) is 12.5 Å². The zero-order valence-electron chi connectivity index (χ0n) is 10.8. The maximum absolute atomic E-state index is 11.0. The molecule has 0 saturated heterocycles. The summed E-state index contributed by atoms with van der Waals surface area (Å²) in [6.45, 7) is 0. The number of carbonyl (C=O) groups excluding carboxylic acids is 1. The van der Waals surface area contributed by atoms with Crippen LogP contribution in [0, 0.1) is 0 Å². The second-order valence-corrected chi connectivity index (χ2v) is 3.41. The second kappa shape index (κ2) is 10.8. The number of rotatable bonds is 3. The minimum absolute atomic E-state index is 0. The molecule has 1 rings (SSSR count). The lowest BCUT2D eigenvalue weighted by Crippen LogP contribution is -2.33. The number of benzene rings is 1. The number of nitrogens with two attached hydrogens (primary N) is 1. The number of carbonyl (C=O) groups is 1. The van der Waals surface area contributed by atoms with Gasteiger partial charge in [-0.05, 0) is 24.1 Å². The highest BCUT2D eigenvalue weighted by molar-refractivity contribution is 5.85. The summed E-state index contributed by atoms with van der Waals surface area (Å²) in [4.78, 5) is 11.0. The van der Waals surface area contributed by atoms with Crippen molar-refractivity contribution in [1.29, 1.82) is 0 Å². The number of aromatic hydroxyl groups is 1. The van der Waals surface area contributed by atoms with E-state index in [9.17, 15) is 4.79 Å². The van der Waals surface area contributed by atoms with E-state index in [4.69, 9.17) is 10.8 Å². The first kappa shape index (κ1) is 19.0. The number of hydrogen-bond acceptors (Lipinski definition) is 5. The minimum Gasteiger partial charge on any atom is -0.508 e. The quantitative estimate of drug-likeness (QED) is 0.809. The van der Waals surface area contributed by atoms with E-state index in [0.717, 1.165) is 5.56 Å². The highest BCUT2D eigenvalue weighted by Gasteiger charge is 2.13. The van der Waals surface area contributed by atoms with Gasteiger partial charge in [-0.25, -0.2) is 0 Å². The SMILES string of the molecule is COC.COC(=O)[C@@H](N)Cc1ccc(O)cc1.Cl. The third kappa shape index (κ3) is 7.89. The fraction of sp³-hybridized carbons (Fsp3) is 0.417. The van der Waals surface area contributed by atoms with Crippen molar-refractivity contribution in [2.24, 2.45) is 5.73 Å². The molecule has 0 aromatic heterocycles. The summed E-state index contributed by atoms with van der Waals surface area (Å²) in [5.41, 5.74) is 6.45. The Labute approximate surface area is 113 Å². The molecule has 0 aliphatic carbocycles. The molecule has 0 heterocycles. The monoisotopic (exact) mass is 277 g/mol. The van der Waals surface area contributed by atoms with Gasteiger partial charge >= 0.3 is 5.97 Å². The first-order valence-electron chi connectivity index (χ1n) is 5.06. The van der Waals surface area contributed by atoms with Crippen molar-refractivity contribution < 1.29 is 19.4 Å². The van der Waals surface area contributed by atoms with Crippen LogP contribution >= 0.6 is 12.4 Å². The first-order chi connectivity index (χ1) is 8.04. The normalized spacial score (nSPS) is 10.4. The van der Waals surface area contributed by atoms with Crippen LogP contribution in [0.2, 0.25) is 0 Å². The van der Waals surface area contributed by atoms with Gasteiger partial charge in [0.15, 0.2) is 0 Å². The molecular formula is C12H20ClNO4. The van der Waals surface area contributed by atoms with E-state index in [1.54, 1.807) is 38.5 Å². The van der Waals surface area contributed by atoms with Crippen molar-refractivity contribution in [3.05, 3.63) is 29.8 Å². The molecule has 0 radical (unpaired) electrons. The van der Waals surface area contributed by atoms with E-state index in [0.29, 0.717) is 6.42 Å². The van der Waals surface area contributed by atoms with Crippen molar-refractivity contribution >= 4 is 18.4 Å². The van der Waals surface area contributed by atoms with E-state index in [1.807, 2.05) is 0 Å². The van der Waals surface area contributed by atoms with Gasteiger partial charge in [-0.3, -0.25) is 4.79 Å². The summed E-state index contributed by atoms with van der Waals surface area (Å²) in [5.74, 6) is -0.238. The van der Waals surface area contributed by atoms with Gasteiger partial charge in [-0.2, -0.15) is 0 Å². The van der Waals surface area contributed by atoms with Gasteiger partial charge in [-0.1, -0.05) is 12.1 Å². The van der Waals surface area contributed by atoms with Crippen LogP contribution in [-0.2, 0) is 20.7 Å². The van der Waals surface area contributed by atoms with Crippen molar-refractivity contribution in [3.8, 4) is 5.75 Å². The smallest absolute Gasteiger partial charge is 0.322 e. The highest BCUT2D eigenvalue weighted by atomic mass is 35.5. The maximum Gasteiger partial charge on any atom is 0.322 e. The Kier molecular flexibility index (Phi) is 11.5. The highest BCUT2D eigenvalue weighted by Crippen LogP contribution is 2.10. The molecule has 18 heavy (non-hydrogen) atoms. The van der Waals surface area contributed by atoms with Crippen molar-refractivity contribution in [1.82, 2.24) is 0 Å². The largest absolute Gasteiger partial charge is 0.508 e. The number of methoxy groups -OCH3 is 2. The summed E-state index contributed by atoms with van der Waals surface area (Å²) in [6.07, 6.45) is 0.410. The predicted molar refractivity (Wildman–Crippen MR) is 72.0 cm³/mol. The average Bonchev–Trinajstić information content (AvgIpc) is 2.32. The number of esters is 1. The number of phenols is 1. The maximum atomic E-state index is 11.0. The zero-order valence-corrected chi connectivity index (χ0v) is 11.6. The van der Waals surface area contributed by atoms with Crippen LogP contribution in [0.3, 0.4) is 0 Å². The molecule has 0 fully saturated rings. The molecule has 1 atom stereocenters. The lowest BCUT2D eigenvalue weighted by atomic mass is 10.1. The van der Waals surface area contributed by atoms with Crippen LogP contribution in [-0.4, -0.2) is 38.4 Å². The fourth-order valence-electron chi connectivity index (χ4n) is 1.12. The van der Waals surface area contributed by atoms with Gasteiger partial charge in [0.05, 0.1) is 7.11 Å². The Bertz CT molecular complexity index is 329. The van der Waals surface area contributed by atoms with Crippen LogP contribution in [0.15, 0.2) is 24.3 Å². The third-order valence-corrected chi connectivity index (χ3v) is 1.90. The van der Waals surface area contributed by atoms with Gasteiger partial charge in [-0.15, -0.1) is 12.4 Å². The molecule has 6 heteroatoms. The number of halogens is 1. The molecule has 0 amide bonds. The van der Waals surface area contributed by atoms with Crippen LogP contribution in [0.5, 0.6) is 5.75 Å². The fourth-order valence-corrected chi connectivity index (χ4v) is 1.12. The molecule has 0 unspecified atom stereocenters. The van der Waals surface area contributed by atoms with Gasteiger partial charge in [0.2, 0.25) is 0 Å².